The first-order valence-corrected chi connectivity index (χ1v) is 6.51. The highest BCUT2D eigenvalue weighted by Gasteiger charge is 2.47. The van der Waals surface area contributed by atoms with E-state index in [1.807, 2.05) is 6.08 Å². The lowest BCUT2D eigenvalue weighted by Crippen LogP contribution is -2.42. The van der Waals surface area contributed by atoms with Gasteiger partial charge < -0.3 is 0 Å². The average molecular weight is 255 g/mol. The number of anilines is 1. The molecule has 0 radical (unpaired) electrons. The van der Waals surface area contributed by atoms with Gasteiger partial charge in [-0.15, -0.1) is 12.6 Å². The summed E-state index contributed by atoms with van der Waals surface area (Å²) in [5, 5.41) is 0.884. The van der Waals surface area contributed by atoms with E-state index in [1.165, 1.54) is 5.70 Å². The zero-order chi connectivity index (χ0) is 12.3. The number of nitrogens with zero attached hydrogens (tertiary/aromatic N) is 3. The molecule has 1 aromatic heterocycles. The van der Waals surface area contributed by atoms with Crippen LogP contribution >= 0.6 is 12.6 Å². The highest BCUT2D eigenvalue weighted by atomic mass is 32.1. The topological polar surface area (TPSA) is 21.1 Å². The van der Waals surface area contributed by atoms with Crippen LogP contribution in [0.2, 0.25) is 0 Å². The van der Waals surface area contributed by atoms with E-state index in [4.69, 9.17) is 0 Å². The molecule has 3 aliphatic rings. The molecule has 90 valence electrons. The Morgan fingerprint density at radius 2 is 2.22 bits per heavy atom. The van der Waals surface area contributed by atoms with Crippen LogP contribution in [0.25, 0.3) is 5.70 Å². The van der Waals surface area contributed by atoms with Crippen LogP contribution in [0.1, 0.15) is 6.92 Å². The summed E-state index contributed by atoms with van der Waals surface area (Å²) in [5.41, 5.74) is 1.03. The van der Waals surface area contributed by atoms with Gasteiger partial charge in [0.05, 0.1) is 16.9 Å². The fourth-order valence-electron chi connectivity index (χ4n) is 2.93. The molecule has 18 heavy (non-hydrogen) atoms. The van der Waals surface area contributed by atoms with Gasteiger partial charge in [0.25, 0.3) is 0 Å². The minimum atomic E-state index is -0.206. The zero-order valence-corrected chi connectivity index (χ0v) is 10.9. The van der Waals surface area contributed by atoms with Crippen molar-refractivity contribution in [1.29, 1.82) is 0 Å². The minimum absolute atomic E-state index is 0.206. The summed E-state index contributed by atoms with van der Waals surface area (Å²) in [5.74, 6) is 1.37. The second-order valence-corrected chi connectivity index (χ2v) is 5.38. The van der Waals surface area contributed by atoms with E-state index in [-0.39, 0.29) is 5.54 Å². The fourth-order valence-corrected chi connectivity index (χ4v) is 3.18. The molecule has 1 aromatic rings. The number of rotatable bonds is 0. The Balaban J connectivity index is 2.05. The van der Waals surface area contributed by atoms with Gasteiger partial charge in [-0.25, -0.2) is 4.98 Å². The van der Waals surface area contributed by atoms with Crippen LogP contribution in [0, 0.1) is 5.92 Å². The van der Waals surface area contributed by atoms with E-state index in [2.05, 4.69) is 70.6 Å². The number of aromatic nitrogens is 2. The molecule has 1 aliphatic carbocycles. The van der Waals surface area contributed by atoms with Gasteiger partial charge in [-0.2, -0.15) is 0 Å². The van der Waals surface area contributed by atoms with Crippen molar-refractivity contribution in [3.05, 3.63) is 48.9 Å². The largest absolute Gasteiger partial charge is 0.300 e. The maximum absolute atomic E-state index is 4.52. The monoisotopic (exact) mass is 255 g/mol. The van der Waals surface area contributed by atoms with Crippen molar-refractivity contribution in [2.24, 2.45) is 5.92 Å². The molecule has 0 fully saturated rings. The van der Waals surface area contributed by atoms with Gasteiger partial charge in [-0.1, -0.05) is 31.2 Å². The van der Waals surface area contributed by atoms with Crippen LogP contribution in [0.3, 0.4) is 0 Å². The molecule has 2 aliphatic heterocycles. The third-order valence-corrected chi connectivity index (χ3v) is 4.08. The highest BCUT2D eigenvalue weighted by Crippen LogP contribution is 2.48. The lowest BCUT2D eigenvalue weighted by atomic mass is 9.85. The lowest BCUT2D eigenvalue weighted by molar-refractivity contribution is 0.750. The smallest absolute Gasteiger partial charge is 0.216 e. The summed E-state index contributed by atoms with van der Waals surface area (Å²) in [6.45, 7) is 2.19. The molecule has 1 spiro atoms. The van der Waals surface area contributed by atoms with Crippen LogP contribution in [0.15, 0.2) is 53.9 Å². The molecule has 0 aromatic carbocycles. The maximum atomic E-state index is 4.52. The van der Waals surface area contributed by atoms with Crippen molar-refractivity contribution >= 4 is 24.3 Å². The molecular formula is C14H13N3S. The first-order chi connectivity index (χ1) is 8.72. The first kappa shape index (κ1) is 10.3. The molecule has 4 rings (SSSR count). The summed E-state index contributed by atoms with van der Waals surface area (Å²) >= 11 is 4.52. The molecule has 0 saturated carbocycles. The second-order valence-electron chi connectivity index (χ2n) is 4.92. The molecule has 4 heteroatoms. The highest BCUT2D eigenvalue weighted by molar-refractivity contribution is 7.80. The Hall–Kier alpha value is -1.68. The molecule has 0 bridgehead atoms. The van der Waals surface area contributed by atoms with E-state index in [0.717, 1.165) is 11.0 Å². The number of fused-ring (bicyclic) bond motifs is 3. The zero-order valence-electron chi connectivity index (χ0n) is 9.99. The van der Waals surface area contributed by atoms with E-state index >= 15 is 0 Å². The standard InChI is InChI=1S/C14H13N3S/c1-10-4-6-14-5-2-3-7-16(14)13-15-9-12(18)17(13)11(14)8-10/h2-10,18H,1H3. The van der Waals surface area contributed by atoms with Crippen molar-refractivity contribution in [2.45, 2.75) is 17.5 Å². The van der Waals surface area contributed by atoms with Gasteiger partial charge in [0, 0.05) is 6.20 Å². The summed E-state index contributed by atoms with van der Waals surface area (Å²) in [6, 6.07) is 0. The number of thiol groups is 1. The van der Waals surface area contributed by atoms with Crippen LogP contribution in [-0.2, 0) is 0 Å². The van der Waals surface area contributed by atoms with E-state index in [0.29, 0.717) is 5.92 Å². The van der Waals surface area contributed by atoms with Gasteiger partial charge in [0.15, 0.2) is 0 Å². The van der Waals surface area contributed by atoms with Gasteiger partial charge >= 0.3 is 0 Å². The van der Waals surface area contributed by atoms with Gasteiger partial charge in [0.1, 0.15) is 5.54 Å². The molecule has 3 nitrogen and oxygen atoms in total. The minimum Gasteiger partial charge on any atom is -0.300 e. The van der Waals surface area contributed by atoms with E-state index in [1.54, 1.807) is 6.20 Å². The predicted octanol–water partition coefficient (Wildman–Crippen LogP) is 2.86. The third kappa shape index (κ3) is 1.04. The van der Waals surface area contributed by atoms with Crippen LogP contribution in [-0.4, -0.2) is 15.1 Å². The maximum Gasteiger partial charge on any atom is 0.216 e. The summed E-state index contributed by atoms with van der Waals surface area (Å²) in [4.78, 5) is 6.67. The van der Waals surface area contributed by atoms with E-state index in [9.17, 15) is 0 Å². The normalized spacial score (nSPS) is 31.1. The Bertz CT molecular complexity index is 650. The van der Waals surface area contributed by atoms with Gasteiger partial charge in [0.2, 0.25) is 5.95 Å². The van der Waals surface area contributed by atoms with Crippen molar-refractivity contribution < 1.29 is 0 Å². The average Bonchev–Trinajstić information content (AvgIpc) is 2.87. The molecule has 2 unspecified atom stereocenters. The van der Waals surface area contributed by atoms with Crippen molar-refractivity contribution in [2.75, 3.05) is 4.90 Å². The third-order valence-electron chi connectivity index (χ3n) is 3.76. The number of imidazole rings is 1. The van der Waals surface area contributed by atoms with Crippen molar-refractivity contribution in [3.63, 3.8) is 0 Å². The Morgan fingerprint density at radius 1 is 1.33 bits per heavy atom. The molecule has 0 saturated heterocycles. The first-order valence-electron chi connectivity index (χ1n) is 6.06. The van der Waals surface area contributed by atoms with Crippen LogP contribution < -0.4 is 4.90 Å². The molecule has 3 heterocycles. The van der Waals surface area contributed by atoms with Crippen molar-refractivity contribution in [1.82, 2.24) is 9.55 Å². The summed E-state index contributed by atoms with van der Waals surface area (Å²) < 4.78 is 2.13. The second kappa shape index (κ2) is 3.20. The number of allylic oxidation sites excluding steroid dienone is 4. The Labute approximate surface area is 111 Å². The molecule has 0 N–H and O–H groups in total. The number of hydrogen-bond donors (Lipinski definition) is 1. The molecular weight excluding hydrogens is 242 g/mol. The predicted molar refractivity (Wildman–Crippen MR) is 75.5 cm³/mol. The fraction of sp³-hybridized carbons (Fsp3) is 0.214. The quantitative estimate of drug-likeness (QED) is 0.568. The molecule has 2 atom stereocenters. The van der Waals surface area contributed by atoms with Gasteiger partial charge in [-0.3, -0.25) is 9.47 Å². The summed E-state index contributed by atoms with van der Waals surface area (Å²) in [7, 11) is 0. The van der Waals surface area contributed by atoms with Crippen molar-refractivity contribution in [3.8, 4) is 0 Å². The lowest BCUT2D eigenvalue weighted by Gasteiger charge is -2.36. The Kier molecular flexibility index (Phi) is 1.83. The molecule has 0 amide bonds. The van der Waals surface area contributed by atoms with Crippen LogP contribution in [0.5, 0.6) is 0 Å². The SMILES string of the molecule is CC1C=CC23C=CC=CN2c2ncc(S)n2C3=C1. The summed E-state index contributed by atoms with van der Waals surface area (Å²) in [6.07, 6.45) is 17.0. The van der Waals surface area contributed by atoms with E-state index < -0.39 is 0 Å². The van der Waals surface area contributed by atoms with Gasteiger partial charge in [-0.05, 0) is 18.1 Å². The van der Waals surface area contributed by atoms with Crippen LogP contribution in [0.4, 0.5) is 5.95 Å². The Morgan fingerprint density at radius 3 is 3.11 bits per heavy atom. The number of hydrogen-bond acceptors (Lipinski definition) is 3.